The maximum Gasteiger partial charge on any atom is 0.239 e. The van der Waals surface area contributed by atoms with Gasteiger partial charge >= 0.3 is 0 Å². The Morgan fingerprint density at radius 1 is 1.31 bits per heavy atom. The first-order valence-electron chi connectivity index (χ1n) is 5.89. The van der Waals surface area contributed by atoms with E-state index in [-0.39, 0.29) is 30.9 Å². The summed E-state index contributed by atoms with van der Waals surface area (Å²) in [4.78, 5) is 22.3. The highest BCUT2D eigenvalue weighted by atomic mass is 16.2. The zero-order chi connectivity index (χ0) is 12.0. The number of carbonyl (C=O) groups excluding carboxylic acids is 2. The minimum Gasteiger partial charge on any atom is -0.352 e. The summed E-state index contributed by atoms with van der Waals surface area (Å²) in [6.45, 7) is 1.97. The fourth-order valence-electron chi connectivity index (χ4n) is 2.13. The molecule has 0 spiro atoms. The van der Waals surface area contributed by atoms with Crippen molar-refractivity contribution in [3.8, 4) is 0 Å². The number of hydrogen-bond acceptors (Lipinski definition) is 3. The third-order valence-electron chi connectivity index (χ3n) is 3.13. The van der Waals surface area contributed by atoms with Crippen molar-refractivity contribution in [2.24, 2.45) is 11.7 Å². The Morgan fingerprint density at radius 3 is 2.50 bits per heavy atom. The molecular formula is C11H21N3O2. The molecule has 0 heterocycles. The average molecular weight is 227 g/mol. The second kappa shape index (κ2) is 6.48. The maximum atomic E-state index is 11.5. The molecule has 2 amide bonds. The van der Waals surface area contributed by atoms with Crippen molar-refractivity contribution in [1.82, 2.24) is 10.6 Å². The fraction of sp³-hybridized carbons (Fsp3) is 0.818. The Morgan fingerprint density at radius 2 is 1.94 bits per heavy atom. The van der Waals surface area contributed by atoms with E-state index in [1.807, 2.05) is 6.92 Å². The summed E-state index contributed by atoms with van der Waals surface area (Å²) in [5.41, 5.74) is 5.12. The zero-order valence-electron chi connectivity index (χ0n) is 9.79. The quantitative estimate of drug-likeness (QED) is 0.606. The lowest BCUT2D eigenvalue weighted by Gasteiger charge is -2.20. The molecule has 0 saturated heterocycles. The van der Waals surface area contributed by atoms with E-state index >= 15 is 0 Å². The second-order valence-electron chi connectivity index (χ2n) is 4.38. The van der Waals surface area contributed by atoms with Gasteiger partial charge in [0.25, 0.3) is 0 Å². The van der Waals surface area contributed by atoms with E-state index in [1.165, 1.54) is 25.7 Å². The van der Waals surface area contributed by atoms with Gasteiger partial charge in [-0.05, 0) is 25.7 Å². The highest BCUT2D eigenvalue weighted by Crippen LogP contribution is 2.27. The summed E-state index contributed by atoms with van der Waals surface area (Å²) in [7, 11) is 0. The maximum absolute atomic E-state index is 11.5. The summed E-state index contributed by atoms with van der Waals surface area (Å²) >= 11 is 0. The van der Waals surface area contributed by atoms with Gasteiger partial charge in [0.1, 0.15) is 0 Å². The molecule has 16 heavy (non-hydrogen) atoms. The molecule has 0 aliphatic heterocycles. The van der Waals surface area contributed by atoms with Crippen LogP contribution in [0.25, 0.3) is 0 Å². The van der Waals surface area contributed by atoms with Crippen LogP contribution in [0.1, 0.15) is 32.6 Å². The monoisotopic (exact) mass is 227 g/mol. The first-order valence-corrected chi connectivity index (χ1v) is 5.89. The van der Waals surface area contributed by atoms with Crippen LogP contribution in [0.15, 0.2) is 0 Å². The van der Waals surface area contributed by atoms with Gasteiger partial charge in [0.15, 0.2) is 0 Å². The fourth-order valence-corrected chi connectivity index (χ4v) is 2.13. The van der Waals surface area contributed by atoms with Crippen molar-refractivity contribution in [3.05, 3.63) is 0 Å². The number of rotatable bonds is 5. The van der Waals surface area contributed by atoms with Crippen molar-refractivity contribution in [1.29, 1.82) is 0 Å². The molecule has 92 valence electrons. The molecule has 1 atom stereocenters. The van der Waals surface area contributed by atoms with Gasteiger partial charge in [0.2, 0.25) is 11.8 Å². The smallest absolute Gasteiger partial charge is 0.239 e. The van der Waals surface area contributed by atoms with E-state index in [4.69, 9.17) is 5.73 Å². The lowest BCUT2D eigenvalue weighted by Crippen LogP contribution is -2.44. The van der Waals surface area contributed by atoms with Gasteiger partial charge in [-0.25, -0.2) is 0 Å². The molecule has 5 heteroatoms. The summed E-state index contributed by atoms with van der Waals surface area (Å²) in [5, 5.41) is 5.36. The van der Waals surface area contributed by atoms with Crippen LogP contribution >= 0.6 is 0 Å². The zero-order valence-corrected chi connectivity index (χ0v) is 9.79. The van der Waals surface area contributed by atoms with E-state index in [0.29, 0.717) is 5.92 Å². The topological polar surface area (TPSA) is 84.2 Å². The van der Waals surface area contributed by atoms with E-state index < -0.39 is 0 Å². The summed E-state index contributed by atoms with van der Waals surface area (Å²) in [5.74, 6) is 0.152. The van der Waals surface area contributed by atoms with Gasteiger partial charge < -0.3 is 16.4 Å². The largest absolute Gasteiger partial charge is 0.352 e. The van der Waals surface area contributed by atoms with E-state index in [2.05, 4.69) is 10.6 Å². The molecule has 1 fully saturated rings. The Balaban J connectivity index is 2.19. The lowest BCUT2D eigenvalue weighted by molar-refractivity contribution is -0.125. The highest BCUT2D eigenvalue weighted by Gasteiger charge is 2.22. The number of nitrogens with one attached hydrogen (secondary N) is 2. The van der Waals surface area contributed by atoms with Crippen LogP contribution in [-0.2, 0) is 9.59 Å². The van der Waals surface area contributed by atoms with E-state index in [0.717, 1.165) is 0 Å². The molecule has 1 rings (SSSR count). The van der Waals surface area contributed by atoms with Crippen LogP contribution in [0.4, 0.5) is 0 Å². The predicted octanol–water partition coefficient (Wildman–Crippen LogP) is -0.244. The van der Waals surface area contributed by atoms with Crippen LogP contribution < -0.4 is 16.4 Å². The molecule has 0 aromatic heterocycles. The molecule has 0 aromatic carbocycles. The number of nitrogens with two attached hydrogens (primary N) is 1. The molecule has 1 aliphatic carbocycles. The van der Waals surface area contributed by atoms with Crippen molar-refractivity contribution in [2.45, 2.75) is 38.6 Å². The highest BCUT2D eigenvalue weighted by molar-refractivity contribution is 5.85. The van der Waals surface area contributed by atoms with Crippen molar-refractivity contribution in [2.75, 3.05) is 13.1 Å². The molecule has 0 aromatic rings. The van der Waals surface area contributed by atoms with Gasteiger partial charge in [0.05, 0.1) is 13.1 Å². The number of amides is 2. The van der Waals surface area contributed by atoms with Crippen molar-refractivity contribution >= 4 is 11.8 Å². The normalized spacial score (nSPS) is 18.1. The van der Waals surface area contributed by atoms with Crippen molar-refractivity contribution in [3.63, 3.8) is 0 Å². The van der Waals surface area contributed by atoms with E-state index in [1.54, 1.807) is 0 Å². The standard InChI is InChI=1S/C11H21N3O2/c1-8(9-4-2-3-5-9)14-11(16)7-13-10(15)6-12/h8-9H,2-7,12H2,1H3,(H,13,15)(H,14,16)/t8-/m1/s1. The second-order valence-corrected chi connectivity index (χ2v) is 4.38. The Hall–Kier alpha value is -1.10. The molecule has 5 nitrogen and oxygen atoms in total. The van der Waals surface area contributed by atoms with E-state index in [9.17, 15) is 9.59 Å². The van der Waals surface area contributed by atoms with Crippen LogP contribution in [0.3, 0.4) is 0 Å². The molecule has 4 N–H and O–H groups in total. The molecule has 0 bridgehead atoms. The Bertz CT molecular complexity index is 250. The minimum absolute atomic E-state index is 0.0209. The first kappa shape index (κ1) is 13.0. The molecular weight excluding hydrogens is 206 g/mol. The van der Waals surface area contributed by atoms with Gasteiger partial charge in [-0.1, -0.05) is 12.8 Å². The van der Waals surface area contributed by atoms with Gasteiger partial charge in [-0.2, -0.15) is 0 Å². The molecule has 0 unspecified atom stereocenters. The molecule has 1 saturated carbocycles. The predicted molar refractivity (Wildman–Crippen MR) is 61.6 cm³/mol. The van der Waals surface area contributed by atoms with Crippen LogP contribution in [0.5, 0.6) is 0 Å². The van der Waals surface area contributed by atoms with Gasteiger partial charge in [-0.3, -0.25) is 9.59 Å². The minimum atomic E-state index is -0.302. The first-order chi connectivity index (χ1) is 7.63. The lowest BCUT2D eigenvalue weighted by atomic mass is 10.00. The third kappa shape index (κ3) is 4.18. The summed E-state index contributed by atoms with van der Waals surface area (Å²) in [6.07, 6.45) is 4.90. The van der Waals surface area contributed by atoms with Crippen LogP contribution in [-0.4, -0.2) is 30.9 Å². The third-order valence-corrected chi connectivity index (χ3v) is 3.13. The van der Waals surface area contributed by atoms with Crippen molar-refractivity contribution < 1.29 is 9.59 Å². The average Bonchev–Trinajstić information content (AvgIpc) is 2.79. The SMILES string of the molecule is C[C@@H](NC(=O)CNC(=O)CN)C1CCCC1. The Labute approximate surface area is 96.1 Å². The Kier molecular flexibility index (Phi) is 5.25. The number of hydrogen-bond donors (Lipinski definition) is 3. The van der Waals surface area contributed by atoms with Crippen LogP contribution in [0.2, 0.25) is 0 Å². The van der Waals surface area contributed by atoms with Gasteiger partial charge in [0, 0.05) is 6.04 Å². The molecule has 1 aliphatic rings. The van der Waals surface area contributed by atoms with Gasteiger partial charge in [-0.15, -0.1) is 0 Å². The number of carbonyl (C=O) groups is 2. The summed E-state index contributed by atoms with van der Waals surface area (Å²) in [6, 6.07) is 0.199. The molecule has 0 radical (unpaired) electrons. The van der Waals surface area contributed by atoms with Crippen LogP contribution in [0, 0.1) is 5.92 Å². The summed E-state index contributed by atoms with van der Waals surface area (Å²) < 4.78 is 0.